The average Bonchev–Trinajstić information content (AvgIpc) is 2.34. The number of nitrogens with two attached hydrogens (primary N) is 1. The van der Waals surface area contributed by atoms with Crippen LogP contribution in [0.3, 0.4) is 0 Å². The molecule has 0 saturated heterocycles. The van der Waals surface area contributed by atoms with Crippen LogP contribution in [0.2, 0.25) is 0 Å². The predicted molar refractivity (Wildman–Crippen MR) is 42.0 cm³/mol. The lowest BCUT2D eigenvalue weighted by Gasteiger charge is -1.96. The van der Waals surface area contributed by atoms with Crippen LogP contribution < -0.4 is 11.3 Å². The van der Waals surface area contributed by atoms with Gasteiger partial charge in [-0.2, -0.15) is 0 Å². The first-order chi connectivity index (χ1) is 5.27. The first-order valence-electron chi connectivity index (χ1n) is 3.32. The highest BCUT2D eigenvalue weighted by Crippen LogP contribution is 2.12. The summed E-state index contributed by atoms with van der Waals surface area (Å²) in [7, 11) is 0. The molecule has 0 fully saturated rings. The highest BCUT2D eigenvalue weighted by molar-refractivity contribution is 5.57. The molecule has 0 aromatic carbocycles. The van der Waals surface area contributed by atoms with Gasteiger partial charge in [-0.05, 0) is 0 Å². The molecule has 4 nitrogen and oxygen atoms in total. The Labute approximate surface area is 62.8 Å². The van der Waals surface area contributed by atoms with Gasteiger partial charge in [-0.25, -0.2) is 4.98 Å². The third-order valence-electron chi connectivity index (χ3n) is 1.65. The number of allylic oxidation sites excluding steroid dienone is 1. The maximum atomic E-state index is 11.1. The third-order valence-corrected chi connectivity index (χ3v) is 1.65. The Bertz CT molecular complexity index is 378. The van der Waals surface area contributed by atoms with E-state index in [-0.39, 0.29) is 11.5 Å². The number of aromatic amines is 1. The molecule has 0 bridgehead atoms. The van der Waals surface area contributed by atoms with Crippen LogP contribution in [0.25, 0.3) is 6.08 Å². The third kappa shape index (κ3) is 0.832. The molecule has 1 aromatic rings. The summed E-state index contributed by atoms with van der Waals surface area (Å²) in [5.41, 5.74) is 6.59. The summed E-state index contributed by atoms with van der Waals surface area (Å²) in [5, 5.41) is 0. The fraction of sp³-hybridized carbons (Fsp3) is 0.143. The molecule has 11 heavy (non-hydrogen) atoms. The molecular formula is C7H7N3O. The van der Waals surface area contributed by atoms with Crippen LogP contribution in [0.15, 0.2) is 10.9 Å². The topological polar surface area (TPSA) is 71.8 Å². The number of H-pyrrole nitrogens is 1. The number of hydrogen-bond acceptors (Lipinski definition) is 3. The summed E-state index contributed by atoms with van der Waals surface area (Å²) in [6.45, 7) is 0. The van der Waals surface area contributed by atoms with E-state index in [1.165, 1.54) is 0 Å². The highest BCUT2D eigenvalue weighted by Gasteiger charge is 2.10. The van der Waals surface area contributed by atoms with Crippen molar-refractivity contribution in [2.75, 3.05) is 5.73 Å². The lowest BCUT2D eigenvalue weighted by atomic mass is 10.3. The Morgan fingerprint density at radius 1 is 1.64 bits per heavy atom. The standard InChI is InChI=1S/C7H7N3O/c8-7-9-5-3-1-2-4(5)6(11)10-7/h1-2H,3H2,(H3,8,9,10,11). The largest absolute Gasteiger partial charge is 0.369 e. The number of fused-ring (bicyclic) bond motifs is 1. The van der Waals surface area contributed by atoms with Gasteiger partial charge >= 0.3 is 0 Å². The number of hydrogen-bond donors (Lipinski definition) is 2. The van der Waals surface area contributed by atoms with E-state index in [1.807, 2.05) is 6.08 Å². The summed E-state index contributed by atoms with van der Waals surface area (Å²) in [6, 6.07) is 0. The van der Waals surface area contributed by atoms with Crippen molar-refractivity contribution in [1.82, 2.24) is 9.97 Å². The van der Waals surface area contributed by atoms with Crippen molar-refractivity contribution in [1.29, 1.82) is 0 Å². The van der Waals surface area contributed by atoms with E-state index in [0.717, 1.165) is 5.69 Å². The SMILES string of the molecule is Nc1nc2c(c(=O)[nH]1)C=CC2. The fourth-order valence-corrected chi connectivity index (χ4v) is 1.16. The summed E-state index contributed by atoms with van der Waals surface area (Å²) < 4.78 is 0. The van der Waals surface area contributed by atoms with Crippen LogP contribution in [-0.4, -0.2) is 9.97 Å². The normalized spacial score (nSPS) is 13.5. The Morgan fingerprint density at radius 3 is 3.27 bits per heavy atom. The summed E-state index contributed by atoms with van der Waals surface area (Å²) in [6.07, 6.45) is 4.37. The van der Waals surface area contributed by atoms with Crippen molar-refractivity contribution in [3.05, 3.63) is 27.7 Å². The second kappa shape index (κ2) is 1.95. The van der Waals surface area contributed by atoms with Gasteiger partial charge in [-0.15, -0.1) is 0 Å². The lowest BCUT2D eigenvalue weighted by molar-refractivity contribution is 1.05. The van der Waals surface area contributed by atoms with Crippen LogP contribution in [0, 0.1) is 0 Å². The Balaban J connectivity index is 2.77. The zero-order valence-corrected chi connectivity index (χ0v) is 5.79. The Kier molecular flexibility index (Phi) is 1.09. The molecule has 1 aliphatic carbocycles. The Hall–Kier alpha value is -1.58. The van der Waals surface area contributed by atoms with Crippen molar-refractivity contribution in [3.63, 3.8) is 0 Å². The van der Waals surface area contributed by atoms with E-state index in [4.69, 9.17) is 5.73 Å². The zero-order chi connectivity index (χ0) is 7.84. The number of anilines is 1. The summed E-state index contributed by atoms with van der Waals surface area (Å²) in [4.78, 5) is 17.5. The first kappa shape index (κ1) is 6.15. The minimum atomic E-state index is -0.152. The fourth-order valence-electron chi connectivity index (χ4n) is 1.16. The lowest BCUT2D eigenvalue weighted by Crippen LogP contribution is -2.15. The van der Waals surface area contributed by atoms with E-state index in [9.17, 15) is 4.79 Å². The molecule has 2 rings (SSSR count). The Morgan fingerprint density at radius 2 is 2.45 bits per heavy atom. The minimum absolute atomic E-state index is 0.152. The molecule has 4 heteroatoms. The smallest absolute Gasteiger partial charge is 0.259 e. The van der Waals surface area contributed by atoms with Gasteiger partial charge in [0.25, 0.3) is 5.56 Å². The van der Waals surface area contributed by atoms with Crippen molar-refractivity contribution in [3.8, 4) is 0 Å². The van der Waals surface area contributed by atoms with E-state index in [1.54, 1.807) is 6.08 Å². The average molecular weight is 149 g/mol. The van der Waals surface area contributed by atoms with Gasteiger partial charge in [0.05, 0.1) is 11.3 Å². The molecule has 1 heterocycles. The van der Waals surface area contributed by atoms with E-state index in [2.05, 4.69) is 9.97 Å². The number of nitrogen functional groups attached to an aromatic ring is 1. The highest BCUT2D eigenvalue weighted by atomic mass is 16.1. The van der Waals surface area contributed by atoms with Gasteiger partial charge < -0.3 is 5.73 Å². The van der Waals surface area contributed by atoms with Gasteiger partial charge in [0.2, 0.25) is 5.95 Å². The molecule has 0 saturated carbocycles. The molecular weight excluding hydrogens is 142 g/mol. The van der Waals surface area contributed by atoms with E-state index < -0.39 is 0 Å². The molecule has 0 spiro atoms. The van der Waals surface area contributed by atoms with Crippen LogP contribution in [0.5, 0.6) is 0 Å². The second-order valence-corrected chi connectivity index (χ2v) is 2.42. The summed E-state index contributed by atoms with van der Waals surface area (Å²) >= 11 is 0. The second-order valence-electron chi connectivity index (χ2n) is 2.42. The van der Waals surface area contributed by atoms with Gasteiger partial charge in [-0.1, -0.05) is 12.2 Å². The van der Waals surface area contributed by atoms with Crippen LogP contribution in [0.1, 0.15) is 11.3 Å². The molecule has 3 N–H and O–H groups in total. The van der Waals surface area contributed by atoms with Crippen molar-refractivity contribution in [2.24, 2.45) is 0 Å². The van der Waals surface area contributed by atoms with Crippen molar-refractivity contribution in [2.45, 2.75) is 6.42 Å². The quantitative estimate of drug-likeness (QED) is 0.542. The number of nitrogens with one attached hydrogen (secondary N) is 1. The number of aromatic nitrogens is 2. The maximum Gasteiger partial charge on any atom is 0.259 e. The molecule has 0 atom stereocenters. The van der Waals surface area contributed by atoms with Crippen molar-refractivity contribution >= 4 is 12.0 Å². The number of rotatable bonds is 0. The molecule has 0 unspecified atom stereocenters. The van der Waals surface area contributed by atoms with Crippen LogP contribution in [-0.2, 0) is 6.42 Å². The molecule has 56 valence electrons. The maximum absolute atomic E-state index is 11.1. The minimum Gasteiger partial charge on any atom is -0.369 e. The molecule has 0 amide bonds. The molecule has 0 radical (unpaired) electrons. The first-order valence-corrected chi connectivity index (χ1v) is 3.32. The predicted octanol–water partition coefficient (Wildman–Crippen LogP) is -0.0786. The summed E-state index contributed by atoms with van der Waals surface area (Å²) in [5.74, 6) is 0.192. The van der Waals surface area contributed by atoms with Crippen molar-refractivity contribution < 1.29 is 0 Å². The van der Waals surface area contributed by atoms with E-state index in [0.29, 0.717) is 12.0 Å². The number of nitrogens with zero attached hydrogens (tertiary/aromatic N) is 1. The van der Waals surface area contributed by atoms with Gasteiger partial charge in [0.15, 0.2) is 0 Å². The van der Waals surface area contributed by atoms with Gasteiger partial charge in [0.1, 0.15) is 0 Å². The van der Waals surface area contributed by atoms with E-state index >= 15 is 0 Å². The zero-order valence-electron chi connectivity index (χ0n) is 5.79. The van der Waals surface area contributed by atoms with Gasteiger partial charge in [-0.3, -0.25) is 9.78 Å². The molecule has 1 aromatic heterocycles. The van der Waals surface area contributed by atoms with Crippen LogP contribution in [0.4, 0.5) is 5.95 Å². The van der Waals surface area contributed by atoms with Gasteiger partial charge in [0, 0.05) is 6.42 Å². The van der Waals surface area contributed by atoms with Crippen LogP contribution >= 0.6 is 0 Å². The molecule has 0 aliphatic heterocycles. The molecule has 1 aliphatic rings. The monoisotopic (exact) mass is 149 g/mol.